The summed E-state index contributed by atoms with van der Waals surface area (Å²) >= 11 is 0. The van der Waals surface area contributed by atoms with E-state index in [1.54, 1.807) is 4.90 Å². The van der Waals surface area contributed by atoms with Gasteiger partial charge in [0.1, 0.15) is 0 Å². The quantitative estimate of drug-likeness (QED) is 0.808. The number of hydrogen-bond donors (Lipinski definition) is 1. The molecule has 3 nitrogen and oxygen atoms in total. The lowest BCUT2D eigenvalue weighted by atomic mass is 10.2. The second-order valence-electron chi connectivity index (χ2n) is 4.34. The first-order valence-corrected chi connectivity index (χ1v) is 5.36. The summed E-state index contributed by atoms with van der Waals surface area (Å²) in [4.78, 5) is 12.7. The summed E-state index contributed by atoms with van der Waals surface area (Å²) in [6.45, 7) is 4.13. The van der Waals surface area contributed by atoms with Crippen LogP contribution in [-0.2, 0) is 4.79 Å². The molecule has 0 aromatic heterocycles. The van der Waals surface area contributed by atoms with E-state index < -0.39 is 18.6 Å². The van der Waals surface area contributed by atoms with Crippen LogP contribution in [-0.4, -0.2) is 42.2 Å². The Kier molecular flexibility index (Phi) is 4.18. The van der Waals surface area contributed by atoms with Crippen molar-refractivity contribution in [1.29, 1.82) is 0 Å². The maximum atomic E-state index is 12.1. The average molecular weight is 238 g/mol. The minimum atomic E-state index is -4.13. The van der Waals surface area contributed by atoms with Crippen molar-refractivity contribution >= 4 is 5.91 Å². The predicted octanol–water partition coefficient (Wildman–Crippen LogP) is 1.54. The van der Waals surface area contributed by atoms with E-state index in [1.807, 2.05) is 0 Å². The van der Waals surface area contributed by atoms with Crippen LogP contribution in [0.5, 0.6) is 0 Å². The molecule has 0 bridgehead atoms. The van der Waals surface area contributed by atoms with Crippen molar-refractivity contribution < 1.29 is 18.0 Å². The zero-order valence-electron chi connectivity index (χ0n) is 9.47. The molecule has 2 atom stereocenters. The molecule has 1 heterocycles. The molecule has 1 aliphatic heterocycles. The first kappa shape index (κ1) is 13.3. The summed E-state index contributed by atoms with van der Waals surface area (Å²) in [6, 6.07) is -0.613. The van der Waals surface area contributed by atoms with Crippen LogP contribution in [0.4, 0.5) is 13.2 Å². The fourth-order valence-corrected chi connectivity index (χ4v) is 1.99. The summed E-state index contributed by atoms with van der Waals surface area (Å²) in [7, 11) is 0. The maximum Gasteiger partial charge on any atom is 0.390 e. The van der Waals surface area contributed by atoms with Crippen LogP contribution < -0.4 is 5.32 Å². The van der Waals surface area contributed by atoms with Gasteiger partial charge in [-0.15, -0.1) is 0 Å². The minimum Gasteiger partial charge on any atom is -0.341 e. The van der Waals surface area contributed by atoms with Gasteiger partial charge in [0.2, 0.25) is 5.91 Å². The summed E-state index contributed by atoms with van der Waals surface area (Å²) in [5.41, 5.74) is 0. The third-order valence-electron chi connectivity index (χ3n) is 2.69. The number of amides is 1. The molecule has 0 aromatic rings. The van der Waals surface area contributed by atoms with Crippen LogP contribution >= 0.6 is 0 Å². The maximum absolute atomic E-state index is 12.1. The Morgan fingerprint density at radius 2 is 2.19 bits per heavy atom. The van der Waals surface area contributed by atoms with Crippen molar-refractivity contribution in [2.24, 2.45) is 0 Å². The largest absolute Gasteiger partial charge is 0.390 e. The standard InChI is InChI=1S/C10H17F3N2O/c1-7(5-10(11,12)13)14-9-3-4-15(6-9)8(2)16/h7,9,14H,3-6H2,1-2H3. The zero-order chi connectivity index (χ0) is 12.3. The molecule has 16 heavy (non-hydrogen) atoms. The van der Waals surface area contributed by atoms with Crippen LogP contribution in [0.15, 0.2) is 0 Å². The summed E-state index contributed by atoms with van der Waals surface area (Å²) in [6.07, 6.45) is -4.24. The van der Waals surface area contributed by atoms with Crippen LogP contribution in [0.1, 0.15) is 26.7 Å². The highest BCUT2D eigenvalue weighted by atomic mass is 19.4. The van der Waals surface area contributed by atoms with Crippen molar-refractivity contribution in [3.63, 3.8) is 0 Å². The zero-order valence-corrected chi connectivity index (χ0v) is 9.47. The van der Waals surface area contributed by atoms with Crippen LogP contribution in [0.25, 0.3) is 0 Å². The number of hydrogen-bond acceptors (Lipinski definition) is 2. The highest BCUT2D eigenvalue weighted by Crippen LogP contribution is 2.22. The average Bonchev–Trinajstić information content (AvgIpc) is 2.48. The molecule has 1 fully saturated rings. The number of carbonyl (C=O) groups is 1. The third kappa shape index (κ3) is 4.38. The summed E-state index contributed by atoms with van der Waals surface area (Å²) < 4.78 is 36.2. The van der Waals surface area contributed by atoms with Gasteiger partial charge in [-0.3, -0.25) is 4.79 Å². The van der Waals surface area contributed by atoms with Gasteiger partial charge >= 0.3 is 6.18 Å². The van der Waals surface area contributed by atoms with Gasteiger partial charge < -0.3 is 10.2 Å². The lowest BCUT2D eigenvalue weighted by molar-refractivity contribution is -0.139. The van der Waals surface area contributed by atoms with Gasteiger partial charge in [-0.1, -0.05) is 0 Å². The van der Waals surface area contributed by atoms with Gasteiger partial charge in [-0.25, -0.2) is 0 Å². The van der Waals surface area contributed by atoms with Crippen molar-refractivity contribution in [3.05, 3.63) is 0 Å². The van der Waals surface area contributed by atoms with E-state index in [-0.39, 0.29) is 11.9 Å². The van der Waals surface area contributed by atoms with Crippen LogP contribution in [0.3, 0.4) is 0 Å². The van der Waals surface area contributed by atoms with E-state index in [0.29, 0.717) is 13.1 Å². The molecule has 0 aromatic carbocycles. The first-order chi connectivity index (χ1) is 7.28. The van der Waals surface area contributed by atoms with Gasteiger partial charge in [-0.2, -0.15) is 13.2 Å². The fourth-order valence-electron chi connectivity index (χ4n) is 1.99. The van der Waals surface area contributed by atoms with E-state index in [4.69, 9.17) is 0 Å². The van der Waals surface area contributed by atoms with Gasteiger partial charge in [0.25, 0.3) is 0 Å². The van der Waals surface area contributed by atoms with Crippen LogP contribution in [0, 0.1) is 0 Å². The molecule has 94 valence electrons. The summed E-state index contributed by atoms with van der Waals surface area (Å²) in [5, 5.41) is 2.91. The first-order valence-electron chi connectivity index (χ1n) is 5.36. The molecule has 1 saturated heterocycles. The molecule has 0 saturated carbocycles. The van der Waals surface area contributed by atoms with Gasteiger partial charge in [-0.05, 0) is 13.3 Å². The van der Waals surface area contributed by atoms with Crippen molar-refractivity contribution in [1.82, 2.24) is 10.2 Å². The van der Waals surface area contributed by atoms with Crippen molar-refractivity contribution in [3.8, 4) is 0 Å². The molecule has 0 spiro atoms. The molecule has 1 aliphatic rings. The van der Waals surface area contributed by atoms with Gasteiger partial charge in [0.15, 0.2) is 0 Å². The number of halogens is 3. The second kappa shape index (κ2) is 5.03. The number of likely N-dealkylation sites (tertiary alicyclic amines) is 1. The molecule has 1 amide bonds. The number of nitrogens with zero attached hydrogens (tertiary/aromatic N) is 1. The molecule has 6 heteroatoms. The Balaban J connectivity index is 2.31. The Morgan fingerprint density at radius 3 is 2.62 bits per heavy atom. The highest BCUT2D eigenvalue weighted by molar-refractivity contribution is 5.73. The summed E-state index contributed by atoms with van der Waals surface area (Å²) in [5.74, 6) is -0.0206. The highest BCUT2D eigenvalue weighted by Gasteiger charge is 2.32. The topological polar surface area (TPSA) is 32.3 Å². The second-order valence-corrected chi connectivity index (χ2v) is 4.34. The predicted molar refractivity (Wildman–Crippen MR) is 53.9 cm³/mol. The number of alkyl halides is 3. The van der Waals surface area contributed by atoms with E-state index in [9.17, 15) is 18.0 Å². The van der Waals surface area contributed by atoms with E-state index in [1.165, 1.54) is 13.8 Å². The fraction of sp³-hybridized carbons (Fsp3) is 0.900. The number of carbonyl (C=O) groups excluding carboxylic acids is 1. The number of rotatable bonds is 3. The molecule has 0 aliphatic carbocycles. The monoisotopic (exact) mass is 238 g/mol. The van der Waals surface area contributed by atoms with E-state index >= 15 is 0 Å². The Morgan fingerprint density at radius 1 is 1.56 bits per heavy atom. The molecule has 2 unspecified atom stereocenters. The smallest absolute Gasteiger partial charge is 0.341 e. The third-order valence-corrected chi connectivity index (χ3v) is 2.69. The Labute approximate surface area is 93.0 Å². The normalized spacial score (nSPS) is 23.6. The Hall–Kier alpha value is -0.780. The molecular weight excluding hydrogens is 221 g/mol. The van der Waals surface area contributed by atoms with Gasteiger partial charge in [0.05, 0.1) is 6.42 Å². The molecule has 1 rings (SSSR count). The van der Waals surface area contributed by atoms with Crippen molar-refractivity contribution in [2.45, 2.75) is 44.9 Å². The van der Waals surface area contributed by atoms with Crippen molar-refractivity contribution in [2.75, 3.05) is 13.1 Å². The van der Waals surface area contributed by atoms with E-state index in [2.05, 4.69) is 5.32 Å². The lowest BCUT2D eigenvalue weighted by Gasteiger charge is -2.21. The Bertz CT molecular complexity index is 255. The number of nitrogens with one attached hydrogen (secondary N) is 1. The SMILES string of the molecule is CC(=O)N1CCC(NC(C)CC(F)(F)F)C1. The minimum absolute atomic E-state index is 0.0127. The molecular formula is C10H17F3N2O. The van der Waals surface area contributed by atoms with E-state index in [0.717, 1.165) is 6.42 Å². The lowest BCUT2D eigenvalue weighted by Crippen LogP contribution is -2.41. The molecule has 1 N–H and O–H groups in total. The van der Waals surface area contributed by atoms with Gasteiger partial charge in [0, 0.05) is 32.1 Å². The van der Waals surface area contributed by atoms with Crippen LogP contribution in [0.2, 0.25) is 0 Å². The molecule has 0 radical (unpaired) electrons.